The molecule has 0 unspecified atom stereocenters. The van der Waals surface area contributed by atoms with Gasteiger partial charge in [-0.2, -0.15) is 5.26 Å². The van der Waals surface area contributed by atoms with E-state index >= 15 is 0 Å². The van der Waals surface area contributed by atoms with Crippen LogP contribution >= 0.6 is 11.6 Å². The summed E-state index contributed by atoms with van der Waals surface area (Å²) < 4.78 is 7.21. The molecule has 0 saturated carbocycles. The molecular weight excluding hydrogens is 252 g/mol. The van der Waals surface area contributed by atoms with E-state index < -0.39 is 0 Å². The fraction of sp³-hybridized carbons (Fsp3) is 0.250. The van der Waals surface area contributed by atoms with Crippen LogP contribution in [-0.4, -0.2) is 21.4 Å². The van der Waals surface area contributed by atoms with Crippen molar-refractivity contribution in [2.75, 3.05) is 6.61 Å². The van der Waals surface area contributed by atoms with Crippen molar-refractivity contribution in [2.24, 2.45) is 0 Å². The van der Waals surface area contributed by atoms with Crippen molar-refractivity contribution in [3.8, 4) is 11.8 Å². The summed E-state index contributed by atoms with van der Waals surface area (Å²) in [7, 11) is 0. The Labute approximate surface area is 109 Å². The van der Waals surface area contributed by atoms with Crippen molar-refractivity contribution >= 4 is 11.6 Å². The lowest BCUT2D eigenvalue weighted by molar-refractivity contribution is 0.352. The molecule has 2 aromatic rings. The van der Waals surface area contributed by atoms with Gasteiger partial charge in [-0.25, -0.2) is 9.67 Å². The number of hydrogen-bond acceptors (Lipinski definition) is 4. The Balaban J connectivity index is 1.95. The zero-order valence-electron chi connectivity index (χ0n) is 9.43. The minimum absolute atomic E-state index is 0.162. The third kappa shape index (κ3) is 1.91. The molecule has 3 rings (SSSR count). The van der Waals surface area contributed by atoms with E-state index in [1.54, 1.807) is 4.68 Å². The molecule has 0 N–H and O–H groups in total. The minimum Gasteiger partial charge on any atom is -0.493 e. The van der Waals surface area contributed by atoms with E-state index in [2.05, 4.69) is 10.1 Å². The van der Waals surface area contributed by atoms with E-state index in [1.807, 2.05) is 18.2 Å². The SMILES string of the molecule is N#Cc1ncn(Cc2cc(Cl)cc3c2OCC3)n1. The van der Waals surface area contributed by atoms with Crippen LogP contribution in [0.5, 0.6) is 5.75 Å². The average Bonchev–Trinajstić information content (AvgIpc) is 2.97. The zero-order valence-corrected chi connectivity index (χ0v) is 10.2. The van der Waals surface area contributed by atoms with Crippen LogP contribution in [0.3, 0.4) is 0 Å². The fourth-order valence-corrected chi connectivity index (χ4v) is 2.32. The van der Waals surface area contributed by atoms with E-state index in [0.717, 1.165) is 23.3 Å². The highest BCUT2D eigenvalue weighted by atomic mass is 35.5. The normalized spacial score (nSPS) is 12.9. The van der Waals surface area contributed by atoms with Crippen LogP contribution < -0.4 is 4.74 Å². The molecule has 0 bridgehead atoms. The summed E-state index contributed by atoms with van der Waals surface area (Å²) in [5, 5.41) is 13.4. The molecule has 0 aliphatic carbocycles. The quantitative estimate of drug-likeness (QED) is 0.826. The molecule has 18 heavy (non-hydrogen) atoms. The van der Waals surface area contributed by atoms with Gasteiger partial charge in [-0.3, -0.25) is 0 Å². The van der Waals surface area contributed by atoms with Crippen LogP contribution in [0.25, 0.3) is 0 Å². The molecule has 1 aliphatic heterocycles. The Bertz CT molecular complexity index is 644. The van der Waals surface area contributed by atoms with Crippen LogP contribution in [0, 0.1) is 11.3 Å². The molecule has 1 aliphatic rings. The predicted molar refractivity (Wildman–Crippen MR) is 64.5 cm³/mol. The van der Waals surface area contributed by atoms with Gasteiger partial charge in [-0.15, -0.1) is 5.10 Å². The Morgan fingerprint density at radius 2 is 2.39 bits per heavy atom. The molecule has 0 spiro atoms. The first kappa shape index (κ1) is 11.1. The second-order valence-electron chi connectivity index (χ2n) is 4.03. The highest BCUT2D eigenvalue weighted by molar-refractivity contribution is 6.30. The molecule has 2 heterocycles. The summed E-state index contributed by atoms with van der Waals surface area (Å²) in [5.74, 6) is 1.04. The molecule has 1 aromatic carbocycles. The maximum Gasteiger partial charge on any atom is 0.252 e. The summed E-state index contributed by atoms with van der Waals surface area (Å²) in [6.45, 7) is 1.18. The van der Waals surface area contributed by atoms with Crippen molar-refractivity contribution < 1.29 is 4.74 Å². The molecule has 90 valence electrons. The van der Waals surface area contributed by atoms with E-state index in [4.69, 9.17) is 21.6 Å². The molecule has 1 aromatic heterocycles. The van der Waals surface area contributed by atoms with Gasteiger partial charge in [0.25, 0.3) is 5.82 Å². The Morgan fingerprint density at radius 1 is 1.50 bits per heavy atom. The molecule has 0 amide bonds. The Hall–Kier alpha value is -2.06. The van der Waals surface area contributed by atoms with Gasteiger partial charge >= 0.3 is 0 Å². The second kappa shape index (κ2) is 4.31. The highest BCUT2D eigenvalue weighted by Crippen LogP contribution is 2.33. The summed E-state index contributed by atoms with van der Waals surface area (Å²) in [6, 6.07) is 5.68. The van der Waals surface area contributed by atoms with Crippen molar-refractivity contribution in [3.63, 3.8) is 0 Å². The zero-order chi connectivity index (χ0) is 12.5. The number of ether oxygens (including phenoxy) is 1. The largest absolute Gasteiger partial charge is 0.493 e. The Morgan fingerprint density at radius 3 is 3.17 bits per heavy atom. The van der Waals surface area contributed by atoms with E-state index in [-0.39, 0.29) is 5.82 Å². The van der Waals surface area contributed by atoms with Crippen LogP contribution in [0.4, 0.5) is 0 Å². The third-order valence-corrected chi connectivity index (χ3v) is 3.01. The minimum atomic E-state index is 0.162. The van der Waals surface area contributed by atoms with E-state index in [0.29, 0.717) is 18.2 Å². The number of nitrogens with zero attached hydrogens (tertiary/aromatic N) is 4. The number of rotatable bonds is 2. The molecule has 0 atom stereocenters. The van der Waals surface area contributed by atoms with Gasteiger partial charge in [-0.1, -0.05) is 11.6 Å². The van der Waals surface area contributed by atoms with Crippen LogP contribution in [0.2, 0.25) is 5.02 Å². The lowest BCUT2D eigenvalue weighted by atomic mass is 10.1. The van der Waals surface area contributed by atoms with Gasteiger partial charge < -0.3 is 4.74 Å². The molecular formula is C12H9ClN4O. The highest BCUT2D eigenvalue weighted by Gasteiger charge is 2.18. The molecule has 0 saturated heterocycles. The van der Waals surface area contributed by atoms with Crippen LogP contribution in [0.1, 0.15) is 17.0 Å². The molecule has 0 fully saturated rings. The van der Waals surface area contributed by atoms with Crippen LogP contribution in [-0.2, 0) is 13.0 Å². The number of nitriles is 1. The molecule has 5 nitrogen and oxygen atoms in total. The smallest absolute Gasteiger partial charge is 0.252 e. The Kier molecular flexibility index (Phi) is 2.65. The second-order valence-corrected chi connectivity index (χ2v) is 4.47. The fourth-order valence-electron chi connectivity index (χ4n) is 2.06. The van der Waals surface area contributed by atoms with Gasteiger partial charge in [-0.05, 0) is 17.7 Å². The van der Waals surface area contributed by atoms with Crippen LogP contribution in [0.15, 0.2) is 18.5 Å². The van der Waals surface area contributed by atoms with Crippen molar-refractivity contribution in [2.45, 2.75) is 13.0 Å². The van der Waals surface area contributed by atoms with Crippen molar-refractivity contribution in [1.82, 2.24) is 14.8 Å². The number of aromatic nitrogens is 3. The predicted octanol–water partition coefficient (Wildman–Crippen LogP) is 1.79. The van der Waals surface area contributed by atoms with Gasteiger partial charge in [0.15, 0.2) is 0 Å². The maximum atomic E-state index is 8.68. The van der Waals surface area contributed by atoms with Gasteiger partial charge in [0.1, 0.15) is 18.1 Å². The summed E-state index contributed by atoms with van der Waals surface area (Å²) >= 11 is 6.07. The maximum absolute atomic E-state index is 8.68. The molecule has 6 heteroatoms. The topological polar surface area (TPSA) is 63.7 Å². The van der Waals surface area contributed by atoms with E-state index in [9.17, 15) is 0 Å². The van der Waals surface area contributed by atoms with Gasteiger partial charge in [0.2, 0.25) is 0 Å². The van der Waals surface area contributed by atoms with Crippen molar-refractivity contribution in [3.05, 3.63) is 40.4 Å². The summed E-state index contributed by atoms with van der Waals surface area (Å²) in [4.78, 5) is 3.86. The monoisotopic (exact) mass is 260 g/mol. The summed E-state index contributed by atoms with van der Waals surface area (Å²) in [5.41, 5.74) is 2.09. The number of hydrogen-bond donors (Lipinski definition) is 0. The number of fused-ring (bicyclic) bond motifs is 1. The average molecular weight is 261 g/mol. The first-order valence-corrected chi connectivity index (χ1v) is 5.87. The number of halogens is 1. The lowest BCUT2D eigenvalue weighted by Crippen LogP contribution is -2.02. The lowest BCUT2D eigenvalue weighted by Gasteiger charge is -2.08. The van der Waals surface area contributed by atoms with Crippen molar-refractivity contribution in [1.29, 1.82) is 5.26 Å². The van der Waals surface area contributed by atoms with Gasteiger partial charge in [0, 0.05) is 17.0 Å². The number of benzene rings is 1. The summed E-state index contributed by atoms with van der Waals surface area (Å²) in [6.07, 6.45) is 2.41. The van der Waals surface area contributed by atoms with Gasteiger partial charge in [0.05, 0.1) is 13.2 Å². The molecule has 0 radical (unpaired) electrons. The third-order valence-electron chi connectivity index (χ3n) is 2.79. The first-order chi connectivity index (χ1) is 8.76. The standard InChI is InChI=1S/C12H9ClN4O/c13-10-3-8-1-2-18-12(8)9(4-10)6-17-7-15-11(5-14)16-17/h3-4,7H,1-2,6H2. The van der Waals surface area contributed by atoms with E-state index in [1.165, 1.54) is 6.33 Å². The first-order valence-electron chi connectivity index (χ1n) is 5.50.